The van der Waals surface area contributed by atoms with Crippen LogP contribution < -0.4 is 4.90 Å². The van der Waals surface area contributed by atoms with Crippen molar-refractivity contribution in [2.24, 2.45) is 0 Å². The van der Waals surface area contributed by atoms with Crippen LogP contribution in [0.3, 0.4) is 0 Å². The molecular formula is C13H13ClN2O2. The summed E-state index contributed by atoms with van der Waals surface area (Å²) in [6.45, 7) is 12.6. The number of hydrogen-bond acceptors (Lipinski definition) is 2. The summed E-state index contributed by atoms with van der Waals surface area (Å²) in [5.41, 5.74) is 1.82. The lowest BCUT2D eigenvalue weighted by Gasteiger charge is -2.22. The summed E-state index contributed by atoms with van der Waals surface area (Å²) >= 11 is 6.12. The van der Waals surface area contributed by atoms with Gasteiger partial charge in [-0.1, -0.05) is 17.7 Å². The third-order valence-electron chi connectivity index (χ3n) is 3.29. The molecule has 4 nitrogen and oxygen atoms in total. The van der Waals surface area contributed by atoms with Crippen molar-refractivity contribution in [2.45, 2.75) is 32.9 Å². The zero-order chi connectivity index (χ0) is 13.4. The molecule has 0 aromatic heterocycles. The van der Waals surface area contributed by atoms with E-state index in [0.717, 1.165) is 5.56 Å². The Balaban J connectivity index is 2.50. The number of rotatable bonds is 1. The van der Waals surface area contributed by atoms with E-state index in [1.54, 1.807) is 24.0 Å². The number of carbonyl (C=O) groups is 1. The van der Waals surface area contributed by atoms with E-state index in [0.29, 0.717) is 16.4 Å². The standard InChI is InChI=1S/C13H13ClN2O2/c1-7-11(6-5-10(15-4)12(7)14)16-8(2)9(3)18-13(16)17/h5-6,8-9H,1-3H3/t8-,9-/m0/s1. The summed E-state index contributed by atoms with van der Waals surface area (Å²) in [4.78, 5) is 16.7. The fraction of sp³-hybridized carbons (Fsp3) is 0.385. The molecule has 1 aromatic carbocycles. The van der Waals surface area contributed by atoms with E-state index in [1.807, 2.05) is 13.8 Å². The molecule has 1 amide bonds. The Bertz CT molecular complexity index is 551. The number of carbonyl (C=O) groups excluding carboxylic acids is 1. The third kappa shape index (κ3) is 1.81. The molecule has 18 heavy (non-hydrogen) atoms. The largest absolute Gasteiger partial charge is 0.444 e. The van der Waals surface area contributed by atoms with E-state index in [9.17, 15) is 4.79 Å². The second-order valence-electron chi connectivity index (χ2n) is 4.35. The van der Waals surface area contributed by atoms with Crippen molar-refractivity contribution in [3.63, 3.8) is 0 Å². The van der Waals surface area contributed by atoms with E-state index in [2.05, 4.69) is 4.85 Å². The summed E-state index contributed by atoms with van der Waals surface area (Å²) in [6.07, 6.45) is -0.527. The maximum atomic E-state index is 11.8. The minimum absolute atomic E-state index is 0.0499. The van der Waals surface area contributed by atoms with Crippen LogP contribution in [-0.4, -0.2) is 18.2 Å². The molecule has 0 N–H and O–H groups in total. The molecule has 0 unspecified atom stereocenters. The van der Waals surface area contributed by atoms with Gasteiger partial charge in [-0.15, -0.1) is 0 Å². The van der Waals surface area contributed by atoms with E-state index in [-0.39, 0.29) is 18.2 Å². The van der Waals surface area contributed by atoms with E-state index in [4.69, 9.17) is 22.9 Å². The summed E-state index contributed by atoms with van der Waals surface area (Å²) in [6, 6.07) is 3.32. The first-order valence-electron chi connectivity index (χ1n) is 5.63. The van der Waals surface area contributed by atoms with Crippen molar-refractivity contribution in [1.29, 1.82) is 0 Å². The van der Waals surface area contributed by atoms with Gasteiger partial charge in [-0.25, -0.2) is 9.64 Å². The van der Waals surface area contributed by atoms with Crippen LogP contribution in [0.5, 0.6) is 0 Å². The number of benzene rings is 1. The van der Waals surface area contributed by atoms with Crippen molar-refractivity contribution < 1.29 is 9.53 Å². The molecule has 1 aromatic rings. The second-order valence-corrected chi connectivity index (χ2v) is 4.73. The van der Waals surface area contributed by atoms with Gasteiger partial charge in [-0.3, -0.25) is 4.90 Å². The predicted molar refractivity (Wildman–Crippen MR) is 70.3 cm³/mol. The normalized spacial score (nSPS) is 22.8. The molecule has 0 aliphatic carbocycles. The topological polar surface area (TPSA) is 33.9 Å². The van der Waals surface area contributed by atoms with Crippen LogP contribution in [-0.2, 0) is 4.74 Å². The Morgan fingerprint density at radius 3 is 2.61 bits per heavy atom. The Labute approximate surface area is 111 Å². The zero-order valence-corrected chi connectivity index (χ0v) is 11.2. The van der Waals surface area contributed by atoms with Crippen LogP contribution in [0.2, 0.25) is 5.02 Å². The first-order chi connectivity index (χ1) is 8.47. The number of amides is 1. The number of ether oxygens (including phenoxy) is 1. The summed E-state index contributed by atoms with van der Waals surface area (Å²) in [5.74, 6) is 0. The average molecular weight is 265 g/mol. The highest BCUT2D eigenvalue weighted by atomic mass is 35.5. The Kier molecular flexibility index (Phi) is 3.18. The van der Waals surface area contributed by atoms with Crippen LogP contribution in [0.15, 0.2) is 12.1 Å². The fourth-order valence-electron chi connectivity index (χ4n) is 2.02. The molecule has 1 saturated heterocycles. The van der Waals surface area contributed by atoms with Gasteiger partial charge in [0.1, 0.15) is 6.10 Å². The SMILES string of the molecule is [C-]#[N+]c1ccc(N2C(=O)O[C@@H](C)[C@@H]2C)c(C)c1Cl. The highest BCUT2D eigenvalue weighted by Gasteiger charge is 2.37. The Morgan fingerprint density at radius 1 is 1.44 bits per heavy atom. The van der Waals surface area contributed by atoms with Crippen LogP contribution in [0.1, 0.15) is 19.4 Å². The summed E-state index contributed by atoms with van der Waals surface area (Å²) in [7, 11) is 0. The van der Waals surface area contributed by atoms with Crippen LogP contribution in [0.4, 0.5) is 16.2 Å². The number of hydrogen-bond donors (Lipinski definition) is 0. The molecule has 94 valence electrons. The van der Waals surface area contributed by atoms with Gasteiger partial charge in [0.2, 0.25) is 5.69 Å². The molecule has 1 fully saturated rings. The lowest BCUT2D eigenvalue weighted by molar-refractivity contribution is 0.143. The molecule has 0 radical (unpaired) electrons. The maximum absolute atomic E-state index is 11.8. The zero-order valence-electron chi connectivity index (χ0n) is 10.4. The molecule has 2 atom stereocenters. The molecule has 0 saturated carbocycles. The smallest absolute Gasteiger partial charge is 0.415 e. The lowest BCUT2D eigenvalue weighted by Crippen LogP contribution is -2.33. The van der Waals surface area contributed by atoms with Crippen LogP contribution in [0, 0.1) is 13.5 Å². The van der Waals surface area contributed by atoms with Gasteiger partial charge < -0.3 is 4.74 Å². The maximum Gasteiger partial charge on any atom is 0.415 e. The monoisotopic (exact) mass is 264 g/mol. The van der Waals surface area contributed by atoms with Gasteiger partial charge >= 0.3 is 6.09 Å². The highest BCUT2D eigenvalue weighted by Crippen LogP contribution is 2.37. The van der Waals surface area contributed by atoms with Gasteiger partial charge in [0.05, 0.1) is 17.6 Å². The van der Waals surface area contributed by atoms with Gasteiger partial charge in [0, 0.05) is 5.69 Å². The van der Waals surface area contributed by atoms with E-state index < -0.39 is 0 Å². The minimum Gasteiger partial charge on any atom is -0.444 e. The number of halogens is 1. The third-order valence-corrected chi connectivity index (χ3v) is 3.76. The molecule has 0 spiro atoms. The average Bonchev–Trinajstić information content (AvgIpc) is 2.58. The summed E-state index contributed by atoms with van der Waals surface area (Å²) < 4.78 is 5.18. The van der Waals surface area contributed by atoms with Crippen molar-refractivity contribution in [3.05, 3.63) is 34.1 Å². The molecule has 1 aliphatic heterocycles. The molecule has 2 rings (SSSR count). The first-order valence-corrected chi connectivity index (χ1v) is 6.01. The fourth-order valence-corrected chi connectivity index (χ4v) is 2.22. The highest BCUT2D eigenvalue weighted by molar-refractivity contribution is 6.34. The van der Waals surface area contributed by atoms with E-state index in [1.165, 1.54) is 0 Å². The molecule has 1 aliphatic rings. The van der Waals surface area contributed by atoms with E-state index >= 15 is 0 Å². The molecular weight excluding hydrogens is 252 g/mol. The van der Waals surface area contributed by atoms with Gasteiger partial charge in [0.25, 0.3) is 0 Å². The first kappa shape index (κ1) is 12.7. The van der Waals surface area contributed by atoms with Gasteiger partial charge in [0.15, 0.2) is 0 Å². The molecule has 1 heterocycles. The lowest BCUT2D eigenvalue weighted by atomic mass is 10.1. The van der Waals surface area contributed by atoms with Crippen LogP contribution >= 0.6 is 11.6 Å². The van der Waals surface area contributed by atoms with Crippen LogP contribution in [0.25, 0.3) is 4.85 Å². The number of nitrogens with zero attached hydrogens (tertiary/aromatic N) is 2. The summed E-state index contributed by atoms with van der Waals surface area (Å²) in [5, 5.41) is 0.391. The van der Waals surface area contributed by atoms with Crippen molar-refractivity contribution in [1.82, 2.24) is 0 Å². The minimum atomic E-state index is -0.371. The quantitative estimate of drug-likeness (QED) is 0.720. The van der Waals surface area contributed by atoms with Crippen molar-refractivity contribution in [3.8, 4) is 0 Å². The number of anilines is 1. The molecule has 5 heteroatoms. The predicted octanol–water partition coefficient (Wildman–Crippen LogP) is 3.93. The number of cyclic esters (lactones) is 1. The van der Waals surface area contributed by atoms with Crippen molar-refractivity contribution >= 4 is 29.1 Å². The van der Waals surface area contributed by atoms with Crippen molar-refractivity contribution in [2.75, 3.05) is 4.90 Å². The second kappa shape index (κ2) is 4.51. The molecule has 0 bridgehead atoms. The Morgan fingerprint density at radius 2 is 2.11 bits per heavy atom. The van der Waals surface area contributed by atoms with Gasteiger partial charge in [-0.2, -0.15) is 0 Å². The van der Waals surface area contributed by atoms with Gasteiger partial charge in [-0.05, 0) is 32.4 Å². The Hall–Kier alpha value is -1.73.